The van der Waals surface area contributed by atoms with Crippen molar-refractivity contribution in [2.45, 2.75) is 6.54 Å². The predicted octanol–water partition coefficient (Wildman–Crippen LogP) is 1.96. The number of hydrogen-bond donors (Lipinski definition) is 2. The standard InChI is InChI=1S/C10H9ClN2O3S/c11-9-2-1-8(17-9)6-5-7(10(15)16)13(12-6)3-4-14/h1-2,5,14H,3-4H2,(H,15,16). The molecule has 0 bridgehead atoms. The van der Waals surface area contributed by atoms with Gasteiger partial charge in [-0.2, -0.15) is 5.10 Å². The first-order chi connectivity index (χ1) is 8.11. The SMILES string of the molecule is O=C(O)c1cc(-c2ccc(Cl)s2)nn1CCO. The van der Waals surface area contributed by atoms with Crippen molar-refractivity contribution in [2.24, 2.45) is 0 Å². The lowest BCUT2D eigenvalue weighted by Gasteiger charge is -1.99. The summed E-state index contributed by atoms with van der Waals surface area (Å²) in [6.45, 7) is -0.00661. The normalized spacial score (nSPS) is 10.7. The summed E-state index contributed by atoms with van der Waals surface area (Å²) in [6, 6.07) is 4.98. The van der Waals surface area contributed by atoms with Crippen LogP contribution in [0.1, 0.15) is 10.5 Å². The third-order valence-corrected chi connectivity index (χ3v) is 3.39. The predicted molar refractivity (Wildman–Crippen MR) is 64.6 cm³/mol. The van der Waals surface area contributed by atoms with Crippen molar-refractivity contribution in [3.63, 3.8) is 0 Å². The number of hydrogen-bond acceptors (Lipinski definition) is 4. The van der Waals surface area contributed by atoms with Gasteiger partial charge in [0.2, 0.25) is 0 Å². The summed E-state index contributed by atoms with van der Waals surface area (Å²) in [6.07, 6.45) is 0. The molecule has 2 heterocycles. The second-order valence-electron chi connectivity index (χ2n) is 3.27. The molecule has 0 fully saturated rings. The van der Waals surface area contributed by atoms with Gasteiger partial charge in [-0.15, -0.1) is 11.3 Å². The number of aliphatic hydroxyl groups is 1. The van der Waals surface area contributed by atoms with Crippen LogP contribution in [0.2, 0.25) is 4.34 Å². The smallest absolute Gasteiger partial charge is 0.354 e. The van der Waals surface area contributed by atoms with Gasteiger partial charge in [0.1, 0.15) is 11.4 Å². The quantitative estimate of drug-likeness (QED) is 0.892. The van der Waals surface area contributed by atoms with Crippen molar-refractivity contribution in [3.8, 4) is 10.6 Å². The molecule has 5 nitrogen and oxygen atoms in total. The van der Waals surface area contributed by atoms with E-state index in [4.69, 9.17) is 21.8 Å². The molecule has 90 valence electrons. The summed E-state index contributed by atoms with van der Waals surface area (Å²) in [5.74, 6) is -1.07. The van der Waals surface area contributed by atoms with Gasteiger partial charge in [-0.05, 0) is 18.2 Å². The Hall–Kier alpha value is -1.37. The van der Waals surface area contributed by atoms with E-state index in [9.17, 15) is 4.79 Å². The molecule has 2 aromatic rings. The van der Waals surface area contributed by atoms with Gasteiger partial charge in [-0.1, -0.05) is 11.6 Å². The Morgan fingerprint density at radius 1 is 1.53 bits per heavy atom. The van der Waals surface area contributed by atoms with Crippen LogP contribution >= 0.6 is 22.9 Å². The molecule has 0 amide bonds. The van der Waals surface area contributed by atoms with Crippen LogP contribution in [0.15, 0.2) is 18.2 Å². The summed E-state index contributed by atoms with van der Waals surface area (Å²) >= 11 is 7.14. The van der Waals surface area contributed by atoms with Crippen molar-refractivity contribution >= 4 is 28.9 Å². The van der Waals surface area contributed by atoms with Crippen molar-refractivity contribution in [3.05, 3.63) is 28.2 Å². The fourth-order valence-electron chi connectivity index (χ4n) is 1.43. The van der Waals surface area contributed by atoms with Gasteiger partial charge in [0.05, 0.1) is 22.4 Å². The zero-order valence-electron chi connectivity index (χ0n) is 8.63. The highest BCUT2D eigenvalue weighted by Gasteiger charge is 2.15. The summed E-state index contributed by atoms with van der Waals surface area (Å²) in [7, 11) is 0. The van der Waals surface area contributed by atoms with Crippen molar-refractivity contribution in [1.29, 1.82) is 0 Å². The third-order valence-electron chi connectivity index (χ3n) is 2.14. The van der Waals surface area contributed by atoms with E-state index in [2.05, 4.69) is 5.10 Å². The minimum Gasteiger partial charge on any atom is -0.477 e. The van der Waals surface area contributed by atoms with Crippen molar-refractivity contribution < 1.29 is 15.0 Å². The molecule has 0 unspecified atom stereocenters. The van der Waals surface area contributed by atoms with Crippen LogP contribution in [-0.4, -0.2) is 32.6 Å². The van der Waals surface area contributed by atoms with Gasteiger partial charge in [0, 0.05) is 0 Å². The number of nitrogens with zero attached hydrogens (tertiary/aromatic N) is 2. The zero-order valence-corrected chi connectivity index (χ0v) is 10.2. The summed E-state index contributed by atoms with van der Waals surface area (Å²) < 4.78 is 1.89. The minimum atomic E-state index is -1.07. The van der Waals surface area contributed by atoms with Gasteiger partial charge in [-0.3, -0.25) is 4.68 Å². The highest BCUT2D eigenvalue weighted by molar-refractivity contribution is 7.19. The van der Waals surface area contributed by atoms with Crippen LogP contribution in [0.4, 0.5) is 0 Å². The zero-order chi connectivity index (χ0) is 12.4. The third kappa shape index (κ3) is 2.49. The number of halogens is 1. The van der Waals surface area contributed by atoms with Crippen LogP contribution in [0, 0.1) is 0 Å². The molecule has 2 aromatic heterocycles. The molecular weight excluding hydrogens is 264 g/mol. The molecule has 7 heteroatoms. The van der Waals surface area contributed by atoms with E-state index in [1.54, 1.807) is 12.1 Å². The number of aromatic nitrogens is 2. The fraction of sp³-hybridized carbons (Fsp3) is 0.200. The Morgan fingerprint density at radius 3 is 2.82 bits per heavy atom. The topological polar surface area (TPSA) is 75.3 Å². The molecule has 0 saturated heterocycles. The van der Waals surface area contributed by atoms with Gasteiger partial charge in [-0.25, -0.2) is 4.79 Å². The van der Waals surface area contributed by atoms with Crippen molar-refractivity contribution in [1.82, 2.24) is 9.78 Å². The second-order valence-corrected chi connectivity index (χ2v) is 4.99. The first kappa shape index (κ1) is 12.1. The lowest BCUT2D eigenvalue weighted by molar-refractivity contribution is 0.0681. The van der Waals surface area contributed by atoms with E-state index in [1.807, 2.05) is 0 Å². The van der Waals surface area contributed by atoms with E-state index >= 15 is 0 Å². The molecule has 0 aliphatic heterocycles. The molecule has 17 heavy (non-hydrogen) atoms. The Labute approximate surface area is 106 Å². The number of aromatic carboxylic acids is 1. The average Bonchev–Trinajstić information content (AvgIpc) is 2.85. The molecule has 0 aliphatic rings. The van der Waals surface area contributed by atoms with E-state index in [0.29, 0.717) is 10.0 Å². The van der Waals surface area contributed by atoms with E-state index in [-0.39, 0.29) is 18.8 Å². The van der Waals surface area contributed by atoms with E-state index < -0.39 is 5.97 Å². The summed E-state index contributed by atoms with van der Waals surface area (Å²) in [5, 5.41) is 22.0. The molecule has 0 aromatic carbocycles. The Bertz CT molecular complexity index is 549. The first-order valence-corrected chi connectivity index (χ1v) is 5.99. The minimum absolute atomic E-state index is 0.0542. The average molecular weight is 273 g/mol. The number of carbonyl (C=O) groups is 1. The molecule has 2 rings (SSSR count). The molecule has 0 spiro atoms. The number of carboxylic acid groups (broad SMARTS) is 1. The van der Waals surface area contributed by atoms with Crippen LogP contribution in [0.5, 0.6) is 0 Å². The Balaban J connectivity index is 2.43. The summed E-state index contributed by atoms with van der Waals surface area (Å²) in [4.78, 5) is 11.8. The lowest BCUT2D eigenvalue weighted by atomic mass is 10.3. The Morgan fingerprint density at radius 2 is 2.29 bits per heavy atom. The van der Waals surface area contributed by atoms with Gasteiger partial charge >= 0.3 is 5.97 Å². The number of thiophene rings is 1. The van der Waals surface area contributed by atoms with Crippen LogP contribution in [-0.2, 0) is 6.54 Å². The molecule has 0 saturated carbocycles. The number of rotatable bonds is 4. The van der Waals surface area contributed by atoms with E-state index in [0.717, 1.165) is 4.88 Å². The van der Waals surface area contributed by atoms with Gasteiger partial charge in [0.25, 0.3) is 0 Å². The monoisotopic (exact) mass is 272 g/mol. The molecule has 0 atom stereocenters. The molecule has 0 aliphatic carbocycles. The van der Waals surface area contributed by atoms with Crippen LogP contribution < -0.4 is 0 Å². The maximum atomic E-state index is 11.0. The number of aliphatic hydroxyl groups excluding tert-OH is 1. The van der Waals surface area contributed by atoms with Crippen LogP contribution in [0.25, 0.3) is 10.6 Å². The lowest BCUT2D eigenvalue weighted by Crippen LogP contribution is -2.12. The highest BCUT2D eigenvalue weighted by atomic mass is 35.5. The Kier molecular flexibility index (Phi) is 3.46. The highest BCUT2D eigenvalue weighted by Crippen LogP contribution is 2.30. The first-order valence-electron chi connectivity index (χ1n) is 4.79. The second kappa shape index (κ2) is 4.87. The van der Waals surface area contributed by atoms with E-state index in [1.165, 1.54) is 22.1 Å². The maximum Gasteiger partial charge on any atom is 0.354 e. The maximum absolute atomic E-state index is 11.0. The van der Waals surface area contributed by atoms with Gasteiger partial charge in [0.15, 0.2) is 0 Å². The number of carboxylic acids is 1. The summed E-state index contributed by atoms with van der Waals surface area (Å²) in [5.41, 5.74) is 0.603. The fourth-order valence-corrected chi connectivity index (χ4v) is 2.43. The molecule has 0 radical (unpaired) electrons. The van der Waals surface area contributed by atoms with Crippen LogP contribution in [0.3, 0.4) is 0 Å². The molecular formula is C10H9ClN2O3S. The van der Waals surface area contributed by atoms with Gasteiger partial charge < -0.3 is 10.2 Å². The molecule has 2 N–H and O–H groups in total. The van der Waals surface area contributed by atoms with Crippen molar-refractivity contribution in [2.75, 3.05) is 6.61 Å². The largest absolute Gasteiger partial charge is 0.477 e.